The molecule has 1 aliphatic carbocycles. The van der Waals surface area contributed by atoms with Gasteiger partial charge in [-0.1, -0.05) is 30.3 Å². The molecule has 1 fully saturated rings. The Labute approximate surface area is 112 Å². The van der Waals surface area contributed by atoms with E-state index >= 15 is 0 Å². The maximum Gasteiger partial charge on any atom is 0.132 e. The molecule has 3 heteroatoms. The Balaban J connectivity index is 1.86. The molecule has 0 N–H and O–H groups in total. The number of hydrogen-bond acceptors (Lipinski definition) is 3. The number of nitrogens with zero attached hydrogens (tertiary/aromatic N) is 2. The molecule has 1 heterocycles. The summed E-state index contributed by atoms with van der Waals surface area (Å²) in [4.78, 5) is 20.3. The Morgan fingerprint density at radius 3 is 2.47 bits per heavy atom. The van der Waals surface area contributed by atoms with E-state index in [1.165, 1.54) is 0 Å². The van der Waals surface area contributed by atoms with E-state index < -0.39 is 0 Å². The highest BCUT2D eigenvalue weighted by Crippen LogP contribution is 2.29. The zero-order chi connectivity index (χ0) is 13.1. The van der Waals surface area contributed by atoms with Crippen LogP contribution in [0.1, 0.15) is 37.4 Å². The minimum absolute atomic E-state index is 0.335. The van der Waals surface area contributed by atoms with Crippen LogP contribution in [0, 0.1) is 0 Å². The molecular formula is C16H16N2O. The van der Waals surface area contributed by atoms with Crippen molar-refractivity contribution in [2.24, 2.45) is 0 Å². The van der Waals surface area contributed by atoms with Crippen LogP contribution in [0.25, 0.3) is 11.3 Å². The van der Waals surface area contributed by atoms with Gasteiger partial charge < -0.3 is 0 Å². The third-order valence-electron chi connectivity index (χ3n) is 3.65. The second kappa shape index (κ2) is 5.31. The molecule has 96 valence electrons. The van der Waals surface area contributed by atoms with Gasteiger partial charge in [-0.05, 0) is 18.9 Å². The van der Waals surface area contributed by atoms with Crippen LogP contribution in [-0.2, 0) is 4.79 Å². The molecule has 19 heavy (non-hydrogen) atoms. The third-order valence-corrected chi connectivity index (χ3v) is 3.65. The van der Waals surface area contributed by atoms with Gasteiger partial charge in [-0.15, -0.1) is 0 Å². The van der Waals surface area contributed by atoms with E-state index in [1.807, 2.05) is 30.5 Å². The summed E-state index contributed by atoms with van der Waals surface area (Å²) in [7, 11) is 0. The molecule has 0 spiro atoms. The molecule has 1 aromatic carbocycles. The molecular weight excluding hydrogens is 236 g/mol. The quantitative estimate of drug-likeness (QED) is 0.823. The fourth-order valence-electron chi connectivity index (χ4n) is 2.54. The lowest BCUT2D eigenvalue weighted by atomic mass is 9.88. The number of carbonyl (C=O) groups is 1. The van der Waals surface area contributed by atoms with Crippen LogP contribution in [-0.4, -0.2) is 15.8 Å². The highest BCUT2D eigenvalue weighted by molar-refractivity contribution is 5.79. The van der Waals surface area contributed by atoms with Gasteiger partial charge in [0.05, 0.1) is 5.69 Å². The Bertz CT molecular complexity index is 570. The summed E-state index contributed by atoms with van der Waals surface area (Å²) in [6.45, 7) is 0. The molecule has 0 radical (unpaired) electrons. The van der Waals surface area contributed by atoms with Crippen molar-refractivity contribution in [3.8, 4) is 11.3 Å². The van der Waals surface area contributed by atoms with Crippen molar-refractivity contribution in [3.05, 3.63) is 48.4 Å². The van der Waals surface area contributed by atoms with E-state index in [0.717, 1.165) is 29.9 Å². The number of ketones is 1. The number of aromatic nitrogens is 2. The molecule has 2 aromatic rings. The number of Topliss-reactive ketones (excluding diaryl/α,β-unsaturated/α-hetero) is 1. The normalized spacial score (nSPS) is 16.5. The van der Waals surface area contributed by atoms with Gasteiger partial charge in [-0.3, -0.25) is 4.79 Å². The SMILES string of the molecule is O=C1CCC(c2nccc(-c3ccccc3)n2)CC1. The molecule has 0 unspecified atom stereocenters. The molecule has 1 saturated carbocycles. The average Bonchev–Trinajstić information content (AvgIpc) is 2.49. The standard InChI is InChI=1S/C16H16N2O/c19-14-8-6-13(7-9-14)16-17-11-10-15(18-16)12-4-2-1-3-5-12/h1-5,10-11,13H,6-9H2. The van der Waals surface area contributed by atoms with Crippen molar-refractivity contribution in [2.45, 2.75) is 31.6 Å². The monoisotopic (exact) mass is 252 g/mol. The lowest BCUT2D eigenvalue weighted by Gasteiger charge is -2.19. The molecule has 0 bridgehead atoms. The Morgan fingerprint density at radius 1 is 1.00 bits per heavy atom. The molecule has 0 atom stereocenters. The smallest absolute Gasteiger partial charge is 0.132 e. The summed E-state index contributed by atoms with van der Waals surface area (Å²) in [5.74, 6) is 1.59. The molecule has 1 aliphatic rings. The Kier molecular flexibility index (Phi) is 3.36. The van der Waals surface area contributed by atoms with Crippen molar-refractivity contribution < 1.29 is 4.79 Å². The first-order valence-corrected chi connectivity index (χ1v) is 6.73. The summed E-state index contributed by atoms with van der Waals surface area (Å²) in [5.41, 5.74) is 2.07. The summed E-state index contributed by atoms with van der Waals surface area (Å²) >= 11 is 0. The van der Waals surface area contributed by atoms with E-state index in [2.05, 4.69) is 22.1 Å². The maximum atomic E-state index is 11.3. The first kappa shape index (κ1) is 12.0. The van der Waals surface area contributed by atoms with E-state index in [-0.39, 0.29) is 0 Å². The molecule has 1 aromatic heterocycles. The van der Waals surface area contributed by atoms with Crippen LogP contribution in [0.2, 0.25) is 0 Å². The van der Waals surface area contributed by atoms with Gasteiger partial charge in [0.25, 0.3) is 0 Å². The van der Waals surface area contributed by atoms with Gasteiger partial charge >= 0.3 is 0 Å². The number of benzene rings is 1. The van der Waals surface area contributed by atoms with Crippen LogP contribution in [0.5, 0.6) is 0 Å². The highest BCUT2D eigenvalue weighted by atomic mass is 16.1. The van der Waals surface area contributed by atoms with Crippen LogP contribution < -0.4 is 0 Å². The van der Waals surface area contributed by atoms with E-state index in [1.54, 1.807) is 0 Å². The predicted molar refractivity (Wildman–Crippen MR) is 73.7 cm³/mol. The summed E-state index contributed by atoms with van der Waals surface area (Å²) in [6, 6.07) is 12.1. The van der Waals surface area contributed by atoms with E-state index in [4.69, 9.17) is 0 Å². The minimum Gasteiger partial charge on any atom is -0.300 e. The third kappa shape index (κ3) is 2.70. The van der Waals surface area contributed by atoms with Crippen LogP contribution >= 0.6 is 0 Å². The molecule has 3 rings (SSSR count). The number of rotatable bonds is 2. The fourth-order valence-corrected chi connectivity index (χ4v) is 2.54. The highest BCUT2D eigenvalue weighted by Gasteiger charge is 2.22. The summed E-state index contributed by atoms with van der Waals surface area (Å²) in [6.07, 6.45) is 4.93. The first-order valence-electron chi connectivity index (χ1n) is 6.73. The summed E-state index contributed by atoms with van der Waals surface area (Å²) < 4.78 is 0. The predicted octanol–water partition coefficient (Wildman–Crippen LogP) is 3.37. The van der Waals surface area contributed by atoms with Gasteiger partial charge in [-0.25, -0.2) is 9.97 Å². The number of carbonyl (C=O) groups excluding carboxylic acids is 1. The van der Waals surface area contributed by atoms with Crippen molar-refractivity contribution in [1.29, 1.82) is 0 Å². The molecule has 0 aliphatic heterocycles. The van der Waals surface area contributed by atoms with Crippen molar-refractivity contribution in [1.82, 2.24) is 9.97 Å². The van der Waals surface area contributed by atoms with Crippen molar-refractivity contribution >= 4 is 5.78 Å². The second-order valence-corrected chi connectivity index (χ2v) is 4.98. The topological polar surface area (TPSA) is 42.9 Å². The van der Waals surface area contributed by atoms with Gasteiger partial charge in [0.2, 0.25) is 0 Å². The minimum atomic E-state index is 0.335. The number of hydrogen-bond donors (Lipinski definition) is 0. The van der Waals surface area contributed by atoms with Crippen molar-refractivity contribution in [3.63, 3.8) is 0 Å². The van der Waals surface area contributed by atoms with Gasteiger partial charge in [-0.2, -0.15) is 0 Å². The maximum absolute atomic E-state index is 11.3. The van der Waals surface area contributed by atoms with Crippen LogP contribution in [0.4, 0.5) is 0 Å². The zero-order valence-corrected chi connectivity index (χ0v) is 10.7. The Morgan fingerprint density at radius 2 is 1.74 bits per heavy atom. The van der Waals surface area contributed by atoms with Gasteiger partial charge in [0.15, 0.2) is 0 Å². The second-order valence-electron chi connectivity index (χ2n) is 4.98. The molecule has 3 nitrogen and oxygen atoms in total. The largest absolute Gasteiger partial charge is 0.300 e. The van der Waals surface area contributed by atoms with Gasteiger partial charge in [0, 0.05) is 30.5 Å². The Hall–Kier alpha value is -2.03. The summed E-state index contributed by atoms with van der Waals surface area (Å²) in [5, 5.41) is 0. The first-order chi connectivity index (χ1) is 9.33. The molecule has 0 saturated heterocycles. The van der Waals surface area contributed by atoms with Crippen LogP contribution in [0.15, 0.2) is 42.6 Å². The van der Waals surface area contributed by atoms with Gasteiger partial charge in [0.1, 0.15) is 11.6 Å². The fraction of sp³-hybridized carbons (Fsp3) is 0.312. The van der Waals surface area contributed by atoms with E-state index in [9.17, 15) is 4.79 Å². The lowest BCUT2D eigenvalue weighted by Crippen LogP contribution is -2.14. The van der Waals surface area contributed by atoms with Crippen molar-refractivity contribution in [2.75, 3.05) is 0 Å². The van der Waals surface area contributed by atoms with E-state index in [0.29, 0.717) is 24.5 Å². The average molecular weight is 252 g/mol. The zero-order valence-electron chi connectivity index (χ0n) is 10.7. The lowest BCUT2D eigenvalue weighted by molar-refractivity contribution is -0.120. The van der Waals surface area contributed by atoms with Crippen LogP contribution in [0.3, 0.4) is 0 Å². The molecule has 0 amide bonds.